The number of allylic oxidation sites excluding steroid dienone is 1. The third-order valence-electron chi connectivity index (χ3n) is 11.8. The highest BCUT2D eigenvalue weighted by Crippen LogP contribution is 2.47. The third kappa shape index (κ3) is 6.46. The van der Waals surface area contributed by atoms with E-state index >= 15 is 0 Å². The smallest absolute Gasteiger partial charge is 0.264 e. The van der Waals surface area contributed by atoms with Crippen molar-refractivity contribution in [2.24, 2.45) is 23.2 Å². The number of amides is 1. The van der Waals surface area contributed by atoms with E-state index in [-0.39, 0.29) is 23.0 Å². The quantitative estimate of drug-likeness (QED) is 0.350. The Bertz CT molecular complexity index is 1620. The van der Waals surface area contributed by atoms with Crippen LogP contribution in [0.2, 0.25) is 5.02 Å². The summed E-state index contributed by atoms with van der Waals surface area (Å²) in [6.07, 6.45) is 14.2. The van der Waals surface area contributed by atoms with E-state index in [2.05, 4.69) is 21.8 Å². The maximum absolute atomic E-state index is 13.6. The summed E-state index contributed by atoms with van der Waals surface area (Å²) in [4.78, 5) is 15.9. The third-order valence-corrected chi connectivity index (χ3v) is 13.6. The van der Waals surface area contributed by atoms with Crippen molar-refractivity contribution in [3.8, 4) is 5.75 Å². The lowest BCUT2D eigenvalue weighted by atomic mass is 9.68. The number of nitrogens with zero attached hydrogens (tertiary/aromatic N) is 1. The second-order valence-electron chi connectivity index (χ2n) is 15.2. The van der Waals surface area contributed by atoms with Crippen molar-refractivity contribution in [2.75, 3.05) is 30.3 Å². The minimum Gasteiger partial charge on any atom is -0.490 e. The van der Waals surface area contributed by atoms with Gasteiger partial charge in [-0.05, 0) is 116 Å². The summed E-state index contributed by atoms with van der Waals surface area (Å²) >= 11 is 6.41. The number of carbonyl (C=O) groups is 1. The normalized spacial score (nSPS) is 33.3. The van der Waals surface area contributed by atoms with Gasteiger partial charge in [-0.15, -0.1) is 0 Å². The lowest BCUT2D eigenvalue weighted by Crippen LogP contribution is -2.49. The molecule has 5 aliphatic rings. The van der Waals surface area contributed by atoms with Crippen molar-refractivity contribution in [3.63, 3.8) is 0 Å². The molecule has 7 rings (SSSR count). The molecule has 2 aromatic carbocycles. The number of rotatable bonds is 3. The Morgan fingerprint density at radius 2 is 1.96 bits per heavy atom. The number of sulfonamides is 1. The molecule has 1 amide bonds. The van der Waals surface area contributed by atoms with Crippen LogP contribution < -0.4 is 14.4 Å². The number of fused-ring (bicyclic) bond motifs is 4. The Morgan fingerprint density at radius 3 is 2.72 bits per heavy atom. The first kappa shape index (κ1) is 32.0. The maximum atomic E-state index is 13.6. The fraction of sp³-hybridized carbons (Fsp3) is 0.595. The Morgan fingerprint density at radius 1 is 1.11 bits per heavy atom. The molecule has 2 heterocycles. The summed E-state index contributed by atoms with van der Waals surface area (Å²) in [6, 6.07) is 11.5. The van der Waals surface area contributed by atoms with E-state index in [0.717, 1.165) is 62.2 Å². The molecule has 248 valence electrons. The van der Waals surface area contributed by atoms with Crippen LogP contribution in [0.5, 0.6) is 5.75 Å². The summed E-state index contributed by atoms with van der Waals surface area (Å²) in [5, 5.41) is 12.1. The van der Waals surface area contributed by atoms with Gasteiger partial charge in [-0.3, -0.25) is 4.79 Å². The molecule has 7 nitrogen and oxygen atoms in total. The molecule has 0 unspecified atom stereocenters. The molecule has 0 radical (unpaired) electrons. The summed E-state index contributed by atoms with van der Waals surface area (Å²) in [5.41, 5.74) is 2.83. The zero-order chi connectivity index (χ0) is 32.1. The number of aryl methyl sites for hydroxylation is 1. The zero-order valence-electron chi connectivity index (χ0n) is 26.8. The molecule has 2 N–H and O–H groups in total. The van der Waals surface area contributed by atoms with E-state index in [4.69, 9.17) is 16.3 Å². The summed E-state index contributed by atoms with van der Waals surface area (Å²) < 4.78 is 36.0. The van der Waals surface area contributed by atoms with Gasteiger partial charge in [0.25, 0.3) is 5.91 Å². The minimum absolute atomic E-state index is 0.127. The van der Waals surface area contributed by atoms with Crippen LogP contribution in [-0.2, 0) is 21.9 Å². The van der Waals surface area contributed by atoms with E-state index in [1.807, 2.05) is 31.2 Å². The molecule has 2 saturated carbocycles. The van der Waals surface area contributed by atoms with Gasteiger partial charge in [0.1, 0.15) is 5.75 Å². The topological polar surface area (TPSA) is 95.9 Å². The van der Waals surface area contributed by atoms with E-state index in [0.29, 0.717) is 36.8 Å². The molecule has 3 aliphatic carbocycles. The van der Waals surface area contributed by atoms with Crippen LogP contribution >= 0.6 is 11.6 Å². The average Bonchev–Trinajstić information content (AvgIpc) is 3.10. The highest BCUT2D eigenvalue weighted by Gasteiger charge is 2.44. The standard InChI is InChI=1S/C37H47ClN2O5S/c1-36(18-15-25-5-2-6-25)16-4-8-33(41)30-12-9-28(30)21-40-22-37(17-3-7-26-19-29(38)11-13-31(26)37)23-45-34-14-10-27(20-32(34)40)35(42)39-46(43,44)24-36/h4,8,10-11,13-14,19-20,25,28,30,33,41H,2-3,5-7,9,12,15-18,21-24H2,1H3,(H,39,42)/b8-4+/t28-,30+,33-,36-,37-/m0/s1. The molecule has 1 spiro atoms. The highest BCUT2D eigenvalue weighted by molar-refractivity contribution is 7.90. The maximum Gasteiger partial charge on any atom is 0.264 e. The fourth-order valence-electron chi connectivity index (χ4n) is 8.71. The zero-order valence-corrected chi connectivity index (χ0v) is 28.4. The second kappa shape index (κ2) is 12.5. The van der Waals surface area contributed by atoms with Crippen LogP contribution in [0.1, 0.15) is 92.6 Å². The predicted octanol–water partition coefficient (Wildman–Crippen LogP) is 6.81. The Kier molecular flexibility index (Phi) is 8.69. The van der Waals surface area contributed by atoms with Gasteiger partial charge >= 0.3 is 0 Å². The number of aliphatic hydroxyl groups excluding tert-OH is 1. The molecule has 2 aliphatic heterocycles. The van der Waals surface area contributed by atoms with Gasteiger partial charge in [-0.1, -0.05) is 56.0 Å². The highest BCUT2D eigenvalue weighted by atomic mass is 35.5. The molecule has 2 fully saturated rings. The average molecular weight is 667 g/mol. The number of anilines is 1. The van der Waals surface area contributed by atoms with E-state index < -0.39 is 27.4 Å². The van der Waals surface area contributed by atoms with Crippen molar-refractivity contribution in [3.05, 3.63) is 70.3 Å². The van der Waals surface area contributed by atoms with E-state index in [9.17, 15) is 18.3 Å². The molecular formula is C37H47ClN2O5S. The molecule has 5 atom stereocenters. The number of hydrogen-bond acceptors (Lipinski definition) is 6. The van der Waals surface area contributed by atoms with Gasteiger partial charge in [-0.2, -0.15) is 0 Å². The van der Waals surface area contributed by atoms with Gasteiger partial charge in [0.15, 0.2) is 0 Å². The van der Waals surface area contributed by atoms with Crippen LogP contribution in [0.3, 0.4) is 0 Å². The van der Waals surface area contributed by atoms with Gasteiger partial charge in [0, 0.05) is 29.1 Å². The fourth-order valence-corrected chi connectivity index (χ4v) is 10.6. The minimum atomic E-state index is -3.93. The molecular weight excluding hydrogens is 620 g/mol. The Hall–Kier alpha value is -2.55. The molecule has 46 heavy (non-hydrogen) atoms. The number of nitrogens with one attached hydrogen (secondary N) is 1. The van der Waals surface area contributed by atoms with Crippen molar-refractivity contribution >= 4 is 33.2 Å². The van der Waals surface area contributed by atoms with Crippen LogP contribution in [-0.4, -0.2) is 51.0 Å². The number of ether oxygens (including phenoxy) is 1. The van der Waals surface area contributed by atoms with Crippen molar-refractivity contribution in [2.45, 2.75) is 89.1 Å². The molecule has 2 bridgehead atoms. The Labute approximate surface area is 278 Å². The number of aliphatic hydroxyl groups is 1. The monoisotopic (exact) mass is 666 g/mol. The van der Waals surface area contributed by atoms with E-state index in [1.165, 1.54) is 30.4 Å². The summed E-state index contributed by atoms with van der Waals surface area (Å²) in [5.74, 6) is 1.01. The van der Waals surface area contributed by atoms with Crippen LogP contribution in [0.25, 0.3) is 0 Å². The lowest BCUT2D eigenvalue weighted by molar-refractivity contribution is 0.0455. The van der Waals surface area contributed by atoms with Crippen molar-refractivity contribution in [1.82, 2.24) is 4.72 Å². The van der Waals surface area contributed by atoms with Crippen LogP contribution in [0.4, 0.5) is 5.69 Å². The first-order chi connectivity index (χ1) is 22.0. The van der Waals surface area contributed by atoms with Gasteiger partial charge < -0.3 is 14.7 Å². The number of carbonyl (C=O) groups excluding carboxylic acids is 1. The first-order valence-electron chi connectivity index (χ1n) is 17.2. The summed E-state index contributed by atoms with van der Waals surface area (Å²) in [6.45, 7) is 3.93. The molecule has 2 aromatic rings. The van der Waals surface area contributed by atoms with E-state index in [1.54, 1.807) is 12.1 Å². The Balaban J connectivity index is 1.24. The predicted molar refractivity (Wildman–Crippen MR) is 182 cm³/mol. The van der Waals surface area contributed by atoms with Crippen molar-refractivity contribution in [1.29, 1.82) is 0 Å². The summed E-state index contributed by atoms with van der Waals surface area (Å²) in [7, 11) is -3.93. The van der Waals surface area contributed by atoms with Crippen LogP contribution in [0, 0.1) is 23.2 Å². The largest absolute Gasteiger partial charge is 0.490 e. The SMILES string of the molecule is C[C@@]1(CCC2CCC2)C/C=C/[C@H](O)[C@@H]2CC[C@H]2CN2C[C@@]3(CCCc4cc(Cl)ccc43)COc3ccc(cc32)C(=O)NS(=O)(=O)C1. The number of halogens is 1. The first-order valence-corrected chi connectivity index (χ1v) is 19.2. The van der Waals surface area contributed by atoms with Gasteiger partial charge in [-0.25, -0.2) is 13.1 Å². The van der Waals surface area contributed by atoms with Gasteiger partial charge in [0.05, 0.1) is 24.2 Å². The van der Waals surface area contributed by atoms with Crippen molar-refractivity contribution < 1.29 is 23.1 Å². The molecule has 0 aromatic heterocycles. The number of benzene rings is 2. The molecule has 9 heteroatoms. The second-order valence-corrected chi connectivity index (χ2v) is 17.4. The van der Waals surface area contributed by atoms with Crippen LogP contribution in [0.15, 0.2) is 48.6 Å². The lowest BCUT2D eigenvalue weighted by Gasteiger charge is -2.45. The number of hydrogen-bond donors (Lipinski definition) is 2. The molecule has 0 saturated heterocycles. The van der Waals surface area contributed by atoms with Gasteiger partial charge in [0.2, 0.25) is 10.0 Å².